The number of rotatable bonds is 4. The topological polar surface area (TPSA) is 37.0 Å². The lowest BCUT2D eigenvalue weighted by Crippen LogP contribution is -2.45. The van der Waals surface area contributed by atoms with E-state index in [-0.39, 0.29) is 0 Å². The first-order chi connectivity index (χ1) is 6.79. The van der Waals surface area contributed by atoms with Gasteiger partial charge in [-0.25, -0.2) is 4.98 Å². The second kappa shape index (κ2) is 4.38. The van der Waals surface area contributed by atoms with Crippen molar-refractivity contribution in [3.8, 4) is 0 Å². The van der Waals surface area contributed by atoms with E-state index >= 15 is 0 Å². The van der Waals surface area contributed by atoms with Crippen molar-refractivity contribution in [1.29, 1.82) is 0 Å². The molecule has 78 valence electrons. The minimum Gasteiger partial charge on any atom is -0.310 e. The second-order valence-corrected chi connectivity index (χ2v) is 4.89. The summed E-state index contributed by atoms with van der Waals surface area (Å²) in [6, 6.07) is 0. The highest BCUT2D eigenvalue weighted by molar-refractivity contribution is 7.07. The van der Waals surface area contributed by atoms with E-state index in [2.05, 4.69) is 27.9 Å². The summed E-state index contributed by atoms with van der Waals surface area (Å²) in [6.07, 6.45) is 2.58. The van der Waals surface area contributed by atoms with Gasteiger partial charge in [0.1, 0.15) is 0 Å². The fourth-order valence-corrected chi connectivity index (χ4v) is 2.46. The van der Waals surface area contributed by atoms with E-state index < -0.39 is 0 Å². The minimum absolute atomic E-state index is 0.302. The van der Waals surface area contributed by atoms with Gasteiger partial charge in [0.2, 0.25) is 0 Å². The zero-order valence-corrected chi connectivity index (χ0v) is 9.36. The number of nitrogens with one attached hydrogen (secondary N) is 2. The quantitative estimate of drug-likeness (QED) is 0.790. The molecule has 0 aromatic carbocycles. The summed E-state index contributed by atoms with van der Waals surface area (Å²) in [4.78, 5) is 4.24. The van der Waals surface area contributed by atoms with Crippen LogP contribution in [0.3, 0.4) is 0 Å². The van der Waals surface area contributed by atoms with Crippen molar-refractivity contribution in [2.45, 2.75) is 31.8 Å². The van der Waals surface area contributed by atoms with Crippen molar-refractivity contribution in [1.82, 2.24) is 15.6 Å². The Morgan fingerprint density at radius 2 is 2.64 bits per heavy atom. The Morgan fingerprint density at radius 1 is 1.71 bits per heavy atom. The standard InChI is InChI=1S/C10H17N3S/c1-10(3-2-4-13-10)7-11-5-9-6-14-8-12-9/h6,8,11,13H,2-5,7H2,1H3. The van der Waals surface area contributed by atoms with Crippen LogP contribution < -0.4 is 10.6 Å². The zero-order chi connectivity index (χ0) is 9.86. The molecule has 2 heterocycles. The van der Waals surface area contributed by atoms with Crippen LogP contribution in [0.15, 0.2) is 10.9 Å². The summed E-state index contributed by atoms with van der Waals surface area (Å²) in [5, 5.41) is 9.08. The van der Waals surface area contributed by atoms with E-state index in [0.717, 1.165) is 25.3 Å². The number of hydrogen-bond donors (Lipinski definition) is 2. The third kappa shape index (κ3) is 2.53. The molecule has 3 nitrogen and oxygen atoms in total. The molecule has 0 spiro atoms. The Balaban J connectivity index is 1.72. The monoisotopic (exact) mass is 211 g/mol. The van der Waals surface area contributed by atoms with Gasteiger partial charge in [-0.1, -0.05) is 0 Å². The molecule has 2 N–H and O–H groups in total. The fraction of sp³-hybridized carbons (Fsp3) is 0.700. The summed E-state index contributed by atoms with van der Waals surface area (Å²) < 4.78 is 0. The predicted octanol–water partition coefficient (Wildman–Crippen LogP) is 1.37. The maximum absolute atomic E-state index is 4.24. The highest BCUT2D eigenvalue weighted by Crippen LogP contribution is 2.17. The molecular weight excluding hydrogens is 194 g/mol. The molecule has 4 heteroatoms. The van der Waals surface area contributed by atoms with Gasteiger partial charge in [-0.3, -0.25) is 0 Å². The summed E-state index contributed by atoms with van der Waals surface area (Å²) in [5.41, 5.74) is 3.33. The predicted molar refractivity (Wildman–Crippen MR) is 59.5 cm³/mol. The molecule has 0 saturated carbocycles. The number of thiazole rings is 1. The second-order valence-electron chi connectivity index (χ2n) is 4.17. The molecule has 1 aliphatic rings. The van der Waals surface area contributed by atoms with Gasteiger partial charge in [0.15, 0.2) is 0 Å². The number of hydrogen-bond acceptors (Lipinski definition) is 4. The average molecular weight is 211 g/mol. The van der Waals surface area contributed by atoms with Crippen LogP contribution in [0.25, 0.3) is 0 Å². The summed E-state index contributed by atoms with van der Waals surface area (Å²) in [5.74, 6) is 0. The maximum Gasteiger partial charge on any atom is 0.0795 e. The molecule has 1 aromatic rings. The minimum atomic E-state index is 0.302. The molecule has 1 atom stereocenters. The maximum atomic E-state index is 4.24. The molecule has 14 heavy (non-hydrogen) atoms. The van der Waals surface area contributed by atoms with Crippen LogP contribution in [0.2, 0.25) is 0 Å². The number of nitrogens with zero attached hydrogens (tertiary/aromatic N) is 1. The summed E-state index contributed by atoms with van der Waals surface area (Å²) in [6.45, 7) is 5.37. The number of aromatic nitrogens is 1. The average Bonchev–Trinajstić information content (AvgIpc) is 2.77. The van der Waals surface area contributed by atoms with Crippen LogP contribution in [0, 0.1) is 0 Å². The van der Waals surface area contributed by atoms with Crippen LogP contribution in [0.5, 0.6) is 0 Å². The van der Waals surface area contributed by atoms with Crippen molar-refractivity contribution in [3.05, 3.63) is 16.6 Å². The summed E-state index contributed by atoms with van der Waals surface area (Å²) in [7, 11) is 0. The molecule has 0 bridgehead atoms. The fourth-order valence-electron chi connectivity index (χ4n) is 1.90. The highest BCUT2D eigenvalue weighted by atomic mass is 32.1. The van der Waals surface area contributed by atoms with Gasteiger partial charge in [-0.15, -0.1) is 11.3 Å². The molecule has 1 aliphatic heterocycles. The van der Waals surface area contributed by atoms with Crippen molar-refractivity contribution < 1.29 is 0 Å². The third-order valence-corrected chi connectivity index (χ3v) is 3.40. The molecule has 1 fully saturated rings. The molecule has 1 unspecified atom stereocenters. The van der Waals surface area contributed by atoms with Crippen molar-refractivity contribution in [3.63, 3.8) is 0 Å². The van der Waals surface area contributed by atoms with Gasteiger partial charge in [0.25, 0.3) is 0 Å². The molecule has 0 amide bonds. The lowest BCUT2D eigenvalue weighted by Gasteiger charge is -2.24. The Morgan fingerprint density at radius 3 is 3.29 bits per heavy atom. The molecule has 0 radical (unpaired) electrons. The normalized spacial score (nSPS) is 26.9. The smallest absolute Gasteiger partial charge is 0.0795 e. The van der Waals surface area contributed by atoms with Crippen molar-refractivity contribution in [2.75, 3.05) is 13.1 Å². The Hall–Kier alpha value is -0.450. The SMILES string of the molecule is CC1(CNCc2cscn2)CCCN1. The molecule has 1 aromatic heterocycles. The van der Waals surface area contributed by atoms with E-state index in [4.69, 9.17) is 0 Å². The molecular formula is C10H17N3S. The van der Waals surface area contributed by atoms with Gasteiger partial charge < -0.3 is 10.6 Å². The van der Waals surface area contributed by atoms with E-state index in [9.17, 15) is 0 Å². The van der Waals surface area contributed by atoms with Gasteiger partial charge in [0.05, 0.1) is 11.2 Å². The van der Waals surface area contributed by atoms with Gasteiger partial charge in [-0.05, 0) is 26.3 Å². The van der Waals surface area contributed by atoms with Gasteiger partial charge in [-0.2, -0.15) is 0 Å². The molecule has 1 saturated heterocycles. The van der Waals surface area contributed by atoms with Crippen LogP contribution >= 0.6 is 11.3 Å². The largest absolute Gasteiger partial charge is 0.310 e. The zero-order valence-electron chi connectivity index (χ0n) is 8.55. The lowest BCUT2D eigenvalue weighted by molar-refractivity contribution is 0.384. The van der Waals surface area contributed by atoms with Crippen LogP contribution in [0.1, 0.15) is 25.5 Å². The van der Waals surface area contributed by atoms with E-state index in [1.54, 1.807) is 11.3 Å². The van der Waals surface area contributed by atoms with Gasteiger partial charge >= 0.3 is 0 Å². The lowest BCUT2D eigenvalue weighted by atomic mass is 10.0. The molecule has 0 aliphatic carbocycles. The Kier molecular flexibility index (Phi) is 3.15. The molecule has 2 rings (SSSR count). The first-order valence-electron chi connectivity index (χ1n) is 5.11. The first kappa shape index (κ1) is 10.1. The van der Waals surface area contributed by atoms with E-state index in [1.165, 1.54) is 12.8 Å². The summed E-state index contributed by atoms with van der Waals surface area (Å²) >= 11 is 1.65. The van der Waals surface area contributed by atoms with Crippen LogP contribution in [0.4, 0.5) is 0 Å². The van der Waals surface area contributed by atoms with Gasteiger partial charge in [0, 0.05) is 24.0 Å². The van der Waals surface area contributed by atoms with Crippen molar-refractivity contribution >= 4 is 11.3 Å². The Labute approximate surface area is 88.9 Å². The third-order valence-electron chi connectivity index (χ3n) is 2.76. The van der Waals surface area contributed by atoms with Crippen LogP contribution in [-0.4, -0.2) is 23.6 Å². The van der Waals surface area contributed by atoms with Crippen molar-refractivity contribution in [2.24, 2.45) is 0 Å². The van der Waals surface area contributed by atoms with E-state index in [1.807, 2.05) is 5.51 Å². The Bertz CT molecular complexity index is 265. The highest BCUT2D eigenvalue weighted by Gasteiger charge is 2.26. The van der Waals surface area contributed by atoms with E-state index in [0.29, 0.717) is 5.54 Å². The van der Waals surface area contributed by atoms with Crippen LogP contribution in [-0.2, 0) is 6.54 Å². The first-order valence-corrected chi connectivity index (χ1v) is 6.06.